The molecular weight excluding hydrogens is 425 g/mol. The maximum Gasteiger partial charge on any atom is 0.123 e. The first-order valence-electron chi connectivity index (χ1n) is 11.2. The second-order valence-electron chi connectivity index (χ2n) is 8.23. The van der Waals surface area contributed by atoms with Gasteiger partial charge in [0.1, 0.15) is 18.2 Å². The van der Waals surface area contributed by atoms with Crippen LogP contribution in [0.2, 0.25) is 5.02 Å². The SMILES string of the molecule is Fc1ccc(OCCN2CCC(CN[C@@H](c3ccc(Cl)cc3)c3ccccn3)CC2)cc1. The highest BCUT2D eigenvalue weighted by Crippen LogP contribution is 2.24. The summed E-state index contributed by atoms with van der Waals surface area (Å²) in [5.74, 6) is 1.10. The van der Waals surface area contributed by atoms with Crippen molar-refractivity contribution < 1.29 is 9.13 Å². The van der Waals surface area contributed by atoms with E-state index in [-0.39, 0.29) is 11.9 Å². The summed E-state index contributed by atoms with van der Waals surface area (Å²) in [5, 5.41) is 4.49. The van der Waals surface area contributed by atoms with E-state index in [1.165, 1.54) is 17.7 Å². The van der Waals surface area contributed by atoms with E-state index in [1.54, 1.807) is 12.1 Å². The summed E-state index contributed by atoms with van der Waals surface area (Å²) in [6.07, 6.45) is 4.14. The molecule has 32 heavy (non-hydrogen) atoms. The molecule has 0 bridgehead atoms. The van der Waals surface area contributed by atoms with Crippen molar-refractivity contribution in [3.63, 3.8) is 0 Å². The quantitative estimate of drug-likeness (QED) is 0.474. The van der Waals surface area contributed by atoms with Gasteiger partial charge in [-0.3, -0.25) is 9.88 Å². The first-order chi connectivity index (χ1) is 15.7. The van der Waals surface area contributed by atoms with Gasteiger partial charge in [0.15, 0.2) is 0 Å². The zero-order valence-electron chi connectivity index (χ0n) is 18.1. The first kappa shape index (κ1) is 22.7. The average Bonchev–Trinajstić information content (AvgIpc) is 2.83. The number of ether oxygens (including phenoxy) is 1. The van der Waals surface area contributed by atoms with E-state index in [2.05, 4.69) is 33.4 Å². The van der Waals surface area contributed by atoms with Crippen LogP contribution in [-0.4, -0.2) is 42.7 Å². The normalized spacial score (nSPS) is 16.1. The fraction of sp³-hybridized carbons (Fsp3) is 0.346. The van der Waals surface area contributed by atoms with Crippen LogP contribution in [0.25, 0.3) is 0 Å². The van der Waals surface area contributed by atoms with E-state index in [0.29, 0.717) is 18.3 Å². The number of likely N-dealkylation sites (tertiary alicyclic amines) is 1. The van der Waals surface area contributed by atoms with E-state index in [0.717, 1.165) is 49.7 Å². The third kappa shape index (κ3) is 6.52. The smallest absolute Gasteiger partial charge is 0.123 e. The van der Waals surface area contributed by atoms with Gasteiger partial charge in [0.05, 0.1) is 11.7 Å². The van der Waals surface area contributed by atoms with Crippen molar-refractivity contribution in [1.29, 1.82) is 0 Å². The summed E-state index contributed by atoms with van der Waals surface area (Å²) in [6, 6.07) is 20.3. The van der Waals surface area contributed by atoms with Crippen LogP contribution in [0, 0.1) is 11.7 Å². The summed E-state index contributed by atoms with van der Waals surface area (Å²) in [6.45, 7) is 4.58. The van der Waals surface area contributed by atoms with Gasteiger partial charge in [0.25, 0.3) is 0 Å². The number of hydrogen-bond acceptors (Lipinski definition) is 4. The van der Waals surface area contributed by atoms with Crippen LogP contribution in [0.3, 0.4) is 0 Å². The predicted molar refractivity (Wildman–Crippen MR) is 127 cm³/mol. The molecule has 1 saturated heterocycles. The molecule has 0 saturated carbocycles. The minimum Gasteiger partial charge on any atom is -0.492 e. The molecule has 1 aliphatic heterocycles. The maximum absolute atomic E-state index is 13.0. The molecular formula is C26H29ClFN3O. The molecule has 2 heterocycles. The van der Waals surface area contributed by atoms with Crippen molar-refractivity contribution >= 4 is 11.6 Å². The molecule has 0 amide bonds. The van der Waals surface area contributed by atoms with Crippen LogP contribution >= 0.6 is 11.6 Å². The van der Waals surface area contributed by atoms with Crippen molar-refractivity contribution in [2.45, 2.75) is 18.9 Å². The molecule has 6 heteroatoms. The first-order valence-corrected chi connectivity index (χ1v) is 11.6. The third-order valence-electron chi connectivity index (χ3n) is 5.99. The number of piperidine rings is 1. The Morgan fingerprint density at radius 1 is 1.03 bits per heavy atom. The molecule has 0 radical (unpaired) electrons. The molecule has 1 fully saturated rings. The van der Waals surface area contributed by atoms with Crippen LogP contribution < -0.4 is 10.1 Å². The van der Waals surface area contributed by atoms with Gasteiger partial charge in [0.2, 0.25) is 0 Å². The van der Waals surface area contributed by atoms with Crippen molar-refractivity contribution in [3.8, 4) is 5.75 Å². The lowest BCUT2D eigenvalue weighted by molar-refractivity contribution is 0.153. The van der Waals surface area contributed by atoms with Crippen LogP contribution in [0.1, 0.15) is 30.1 Å². The van der Waals surface area contributed by atoms with E-state index < -0.39 is 0 Å². The molecule has 168 valence electrons. The lowest BCUT2D eigenvalue weighted by Gasteiger charge is -2.33. The zero-order valence-corrected chi connectivity index (χ0v) is 18.8. The minimum atomic E-state index is -0.241. The Morgan fingerprint density at radius 3 is 2.47 bits per heavy atom. The van der Waals surface area contributed by atoms with Gasteiger partial charge in [-0.1, -0.05) is 29.8 Å². The fourth-order valence-corrected chi connectivity index (χ4v) is 4.24. The van der Waals surface area contributed by atoms with Gasteiger partial charge in [-0.05, 0) is 92.5 Å². The Kier molecular flexibility index (Phi) is 8.10. The molecule has 1 aliphatic rings. The number of nitrogens with one attached hydrogen (secondary N) is 1. The van der Waals surface area contributed by atoms with Crippen LogP contribution in [0.4, 0.5) is 4.39 Å². The molecule has 4 nitrogen and oxygen atoms in total. The second kappa shape index (κ2) is 11.4. The molecule has 1 aromatic heterocycles. The van der Waals surface area contributed by atoms with E-state index in [1.807, 2.05) is 30.5 Å². The lowest BCUT2D eigenvalue weighted by Crippen LogP contribution is -2.40. The molecule has 1 atom stereocenters. The monoisotopic (exact) mass is 453 g/mol. The number of nitrogens with zero attached hydrogens (tertiary/aromatic N) is 2. The topological polar surface area (TPSA) is 37.4 Å². The number of rotatable bonds is 9. The second-order valence-corrected chi connectivity index (χ2v) is 8.67. The molecule has 0 spiro atoms. The van der Waals surface area contributed by atoms with Gasteiger partial charge in [-0.15, -0.1) is 0 Å². The number of benzene rings is 2. The Labute approximate surface area is 194 Å². The van der Waals surface area contributed by atoms with E-state index in [9.17, 15) is 4.39 Å². The van der Waals surface area contributed by atoms with Crippen LogP contribution in [0.15, 0.2) is 72.9 Å². The number of aromatic nitrogens is 1. The van der Waals surface area contributed by atoms with E-state index in [4.69, 9.17) is 16.3 Å². The zero-order chi connectivity index (χ0) is 22.2. The van der Waals surface area contributed by atoms with Gasteiger partial charge >= 0.3 is 0 Å². The summed E-state index contributed by atoms with van der Waals surface area (Å²) >= 11 is 6.09. The van der Waals surface area contributed by atoms with Crippen LogP contribution in [-0.2, 0) is 0 Å². The molecule has 3 aromatic rings. The molecule has 1 N–H and O–H groups in total. The van der Waals surface area contributed by atoms with Gasteiger partial charge in [0, 0.05) is 17.8 Å². The summed E-state index contributed by atoms with van der Waals surface area (Å²) < 4.78 is 18.7. The number of halogens is 2. The molecule has 0 unspecified atom stereocenters. The maximum atomic E-state index is 13.0. The van der Waals surface area contributed by atoms with Gasteiger partial charge < -0.3 is 10.1 Å². The standard InChI is InChI=1S/C26H29ClFN3O/c27-22-6-4-21(5-7-22)26(25-3-1-2-14-29-25)30-19-20-12-15-31(16-13-20)17-18-32-24-10-8-23(28)9-11-24/h1-11,14,20,26,30H,12-13,15-19H2/t26-/m0/s1. The largest absolute Gasteiger partial charge is 0.492 e. The van der Waals surface area contributed by atoms with Crippen molar-refractivity contribution in [1.82, 2.24) is 15.2 Å². The summed E-state index contributed by atoms with van der Waals surface area (Å²) in [7, 11) is 0. The Hall–Kier alpha value is -2.47. The molecule has 0 aliphatic carbocycles. The van der Waals surface area contributed by atoms with E-state index >= 15 is 0 Å². The number of pyridine rings is 1. The highest BCUT2D eigenvalue weighted by Gasteiger charge is 2.22. The summed E-state index contributed by atoms with van der Waals surface area (Å²) in [5.41, 5.74) is 2.19. The highest BCUT2D eigenvalue weighted by atomic mass is 35.5. The summed E-state index contributed by atoms with van der Waals surface area (Å²) in [4.78, 5) is 7.02. The third-order valence-corrected chi connectivity index (χ3v) is 6.25. The van der Waals surface area contributed by atoms with Crippen molar-refractivity contribution in [3.05, 3.63) is 95.0 Å². The van der Waals surface area contributed by atoms with Crippen molar-refractivity contribution in [2.75, 3.05) is 32.8 Å². The fourth-order valence-electron chi connectivity index (χ4n) is 4.12. The minimum absolute atomic E-state index is 0.0515. The highest BCUT2D eigenvalue weighted by molar-refractivity contribution is 6.30. The van der Waals surface area contributed by atoms with Gasteiger partial charge in [-0.2, -0.15) is 0 Å². The Bertz CT molecular complexity index is 945. The van der Waals surface area contributed by atoms with Gasteiger partial charge in [-0.25, -0.2) is 4.39 Å². The molecule has 2 aromatic carbocycles. The number of hydrogen-bond donors (Lipinski definition) is 1. The molecule has 4 rings (SSSR count). The average molecular weight is 454 g/mol. The van der Waals surface area contributed by atoms with Crippen molar-refractivity contribution in [2.24, 2.45) is 5.92 Å². The van der Waals surface area contributed by atoms with Crippen LogP contribution in [0.5, 0.6) is 5.75 Å². The Morgan fingerprint density at radius 2 is 1.78 bits per heavy atom. The predicted octanol–water partition coefficient (Wildman–Crippen LogP) is 5.34. The Balaban J connectivity index is 1.24. The lowest BCUT2D eigenvalue weighted by atomic mass is 9.95.